The molecule has 1 amide bonds. The largest absolute Gasteiger partial charge is 0.497 e. The van der Waals surface area contributed by atoms with Gasteiger partial charge in [0.2, 0.25) is 0 Å². The molecule has 2 aromatic carbocycles. The van der Waals surface area contributed by atoms with E-state index in [1.165, 1.54) is 19.2 Å². The van der Waals surface area contributed by atoms with Gasteiger partial charge in [0.25, 0.3) is 5.91 Å². The van der Waals surface area contributed by atoms with Crippen molar-refractivity contribution in [3.63, 3.8) is 0 Å². The van der Waals surface area contributed by atoms with E-state index in [4.69, 9.17) is 9.47 Å². The first-order chi connectivity index (χ1) is 13.0. The number of methoxy groups -OCH3 is 2. The number of aromatic nitrogens is 2. The van der Waals surface area contributed by atoms with Gasteiger partial charge in [-0.1, -0.05) is 12.1 Å². The van der Waals surface area contributed by atoms with Crippen molar-refractivity contribution >= 4 is 5.91 Å². The molecule has 1 N–H and O–H groups in total. The highest BCUT2D eigenvalue weighted by molar-refractivity contribution is 5.94. The van der Waals surface area contributed by atoms with Gasteiger partial charge >= 0.3 is 0 Å². The van der Waals surface area contributed by atoms with Crippen molar-refractivity contribution in [2.45, 2.75) is 6.04 Å². The normalized spacial score (nSPS) is 11.7. The van der Waals surface area contributed by atoms with Crippen LogP contribution in [0.2, 0.25) is 0 Å². The molecule has 0 bridgehead atoms. The molecule has 1 heterocycles. The summed E-state index contributed by atoms with van der Waals surface area (Å²) in [4.78, 5) is 17.1. The van der Waals surface area contributed by atoms with Gasteiger partial charge in [-0.3, -0.25) is 4.79 Å². The lowest BCUT2D eigenvalue weighted by Crippen LogP contribution is -2.31. The molecule has 0 radical (unpaired) electrons. The summed E-state index contributed by atoms with van der Waals surface area (Å²) in [7, 11) is 4.79. The molecule has 0 aliphatic rings. The Morgan fingerprint density at radius 3 is 2.63 bits per heavy atom. The molecule has 27 heavy (non-hydrogen) atoms. The third-order valence-corrected chi connectivity index (χ3v) is 4.23. The number of ether oxygens (including phenoxy) is 2. The lowest BCUT2D eigenvalue weighted by atomic mass is 10.0. The van der Waals surface area contributed by atoms with Crippen molar-refractivity contribution < 1.29 is 18.7 Å². The summed E-state index contributed by atoms with van der Waals surface area (Å²) in [5, 5.41) is 2.92. The zero-order valence-electron chi connectivity index (χ0n) is 15.3. The molecule has 3 rings (SSSR count). The Balaban J connectivity index is 1.95. The number of hydrogen-bond donors (Lipinski definition) is 1. The molecule has 140 valence electrons. The average Bonchev–Trinajstić information content (AvgIpc) is 3.11. The maximum atomic E-state index is 14.0. The van der Waals surface area contributed by atoms with Gasteiger partial charge in [0.1, 0.15) is 17.6 Å². The van der Waals surface area contributed by atoms with Gasteiger partial charge in [-0.25, -0.2) is 9.37 Å². The number of nitrogens with zero attached hydrogens (tertiary/aromatic N) is 2. The zero-order valence-corrected chi connectivity index (χ0v) is 15.3. The summed E-state index contributed by atoms with van der Waals surface area (Å²) in [6, 6.07) is 10.9. The number of aryl methyl sites for hydroxylation is 1. The van der Waals surface area contributed by atoms with Crippen molar-refractivity contribution in [1.82, 2.24) is 14.9 Å². The standard InChI is InChI=1S/C20H20FN3O3/c1-24-10-9-22-19(24)18(13-5-4-6-15(11-13)26-2)23-20(25)14-7-8-17(27-3)16(21)12-14/h4-12,18H,1-3H3,(H,23,25)/t18-/m1/s1. The Hall–Kier alpha value is -3.35. The minimum atomic E-state index is -0.597. The highest BCUT2D eigenvalue weighted by atomic mass is 19.1. The molecule has 0 unspecified atom stereocenters. The highest BCUT2D eigenvalue weighted by Gasteiger charge is 2.22. The molecule has 1 atom stereocenters. The van der Waals surface area contributed by atoms with E-state index in [0.29, 0.717) is 11.6 Å². The summed E-state index contributed by atoms with van der Waals surface area (Å²) in [5.74, 6) is 0.370. The van der Waals surface area contributed by atoms with Gasteiger partial charge in [-0.2, -0.15) is 0 Å². The summed E-state index contributed by atoms with van der Waals surface area (Å²) >= 11 is 0. The fourth-order valence-electron chi connectivity index (χ4n) is 2.80. The summed E-state index contributed by atoms with van der Waals surface area (Å²) in [6.07, 6.45) is 3.45. The van der Waals surface area contributed by atoms with Gasteiger partial charge < -0.3 is 19.4 Å². The minimum Gasteiger partial charge on any atom is -0.497 e. The van der Waals surface area contributed by atoms with E-state index in [1.54, 1.807) is 19.5 Å². The molecule has 0 fully saturated rings. The fraction of sp³-hybridized carbons (Fsp3) is 0.200. The Morgan fingerprint density at radius 2 is 2.00 bits per heavy atom. The van der Waals surface area contributed by atoms with Crippen LogP contribution in [0.4, 0.5) is 4.39 Å². The highest BCUT2D eigenvalue weighted by Crippen LogP contribution is 2.25. The topological polar surface area (TPSA) is 65.4 Å². The van der Waals surface area contributed by atoms with Crippen molar-refractivity contribution in [3.8, 4) is 11.5 Å². The summed E-state index contributed by atoms with van der Waals surface area (Å²) in [5.41, 5.74) is 0.987. The van der Waals surface area contributed by atoms with Crippen LogP contribution < -0.4 is 14.8 Å². The van der Waals surface area contributed by atoms with E-state index in [9.17, 15) is 9.18 Å². The van der Waals surface area contributed by atoms with Crippen LogP contribution in [-0.4, -0.2) is 29.7 Å². The Bertz CT molecular complexity index is 955. The van der Waals surface area contributed by atoms with Gasteiger partial charge in [-0.05, 0) is 35.9 Å². The molecule has 0 aliphatic carbocycles. The van der Waals surface area contributed by atoms with E-state index in [0.717, 1.165) is 11.6 Å². The first kappa shape index (κ1) is 18.4. The molecule has 0 aliphatic heterocycles. The number of benzene rings is 2. The number of hydrogen-bond acceptors (Lipinski definition) is 4. The monoisotopic (exact) mass is 369 g/mol. The first-order valence-electron chi connectivity index (χ1n) is 8.29. The van der Waals surface area contributed by atoms with Gasteiger partial charge in [0.15, 0.2) is 11.6 Å². The number of imidazole rings is 1. The van der Waals surface area contributed by atoms with Crippen molar-refractivity contribution in [3.05, 3.63) is 77.6 Å². The molecule has 0 saturated heterocycles. The summed E-state index contributed by atoms with van der Waals surface area (Å²) < 4.78 is 26.0. The molecule has 6 nitrogen and oxygen atoms in total. The Morgan fingerprint density at radius 1 is 1.19 bits per heavy atom. The van der Waals surface area contributed by atoms with Crippen molar-refractivity contribution in [1.29, 1.82) is 0 Å². The lowest BCUT2D eigenvalue weighted by Gasteiger charge is -2.20. The van der Waals surface area contributed by atoms with E-state index in [-0.39, 0.29) is 11.3 Å². The van der Waals surface area contributed by atoms with Crippen LogP contribution in [0.25, 0.3) is 0 Å². The number of halogens is 1. The predicted octanol–water partition coefficient (Wildman–Crippen LogP) is 3.10. The average molecular weight is 369 g/mol. The SMILES string of the molecule is COc1cccc([C@@H](NC(=O)c2ccc(OC)c(F)c2)c2nccn2C)c1. The molecule has 0 spiro atoms. The number of amides is 1. The second-order valence-electron chi connectivity index (χ2n) is 5.93. The lowest BCUT2D eigenvalue weighted by molar-refractivity contribution is 0.0940. The van der Waals surface area contributed by atoms with E-state index >= 15 is 0 Å². The van der Waals surface area contributed by atoms with Gasteiger partial charge in [0.05, 0.1) is 14.2 Å². The zero-order chi connectivity index (χ0) is 19.4. The maximum Gasteiger partial charge on any atom is 0.252 e. The molecule has 3 aromatic rings. The number of rotatable bonds is 6. The Kier molecular flexibility index (Phi) is 5.40. The van der Waals surface area contributed by atoms with Crippen LogP contribution in [0.1, 0.15) is 27.8 Å². The maximum absolute atomic E-state index is 14.0. The van der Waals surface area contributed by atoms with Crippen LogP contribution in [0.15, 0.2) is 54.9 Å². The van der Waals surface area contributed by atoms with Gasteiger partial charge in [-0.15, -0.1) is 0 Å². The summed E-state index contributed by atoms with van der Waals surface area (Å²) in [6.45, 7) is 0. The van der Waals surface area contributed by atoms with E-state index in [2.05, 4.69) is 10.3 Å². The number of carbonyl (C=O) groups is 1. The molecule has 1 aromatic heterocycles. The third-order valence-electron chi connectivity index (χ3n) is 4.23. The molecular weight excluding hydrogens is 349 g/mol. The molecular formula is C20H20FN3O3. The smallest absolute Gasteiger partial charge is 0.252 e. The van der Waals surface area contributed by atoms with Crippen LogP contribution in [-0.2, 0) is 7.05 Å². The van der Waals surface area contributed by atoms with Gasteiger partial charge in [0, 0.05) is 25.0 Å². The number of nitrogens with one attached hydrogen (secondary N) is 1. The van der Waals surface area contributed by atoms with Crippen LogP contribution in [0.5, 0.6) is 11.5 Å². The Labute approximate surface area is 156 Å². The van der Waals surface area contributed by atoms with Crippen LogP contribution in [0, 0.1) is 5.82 Å². The van der Waals surface area contributed by atoms with Crippen LogP contribution >= 0.6 is 0 Å². The fourth-order valence-corrected chi connectivity index (χ4v) is 2.80. The second kappa shape index (κ2) is 7.90. The van der Waals surface area contributed by atoms with Crippen molar-refractivity contribution in [2.75, 3.05) is 14.2 Å². The number of carbonyl (C=O) groups excluding carboxylic acids is 1. The van der Waals surface area contributed by atoms with Crippen LogP contribution in [0.3, 0.4) is 0 Å². The quantitative estimate of drug-likeness (QED) is 0.725. The van der Waals surface area contributed by atoms with Crippen molar-refractivity contribution in [2.24, 2.45) is 7.05 Å². The first-order valence-corrected chi connectivity index (χ1v) is 8.29. The minimum absolute atomic E-state index is 0.0833. The third kappa shape index (κ3) is 3.92. The molecule has 7 heteroatoms. The predicted molar refractivity (Wildman–Crippen MR) is 98.5 cm³/mol. The molecule has 0 saturated carbocycles. The second-order valence-corrected chi connectivity index (χ2v) is 5.93. The van der Waals surface area contributed by atoms with E-state index < -0.39 is 17.8 Å². The van der Waals surface area contributed by atoms with E-state index in [1.807, 2.05) is 35.9 Å².